The van der Waals surface area contributed by atoms with Gasteiger partial charge in [0.2, 0.25) is 8.60 Å². The minimum Gasteiger partial charge on any atom is -0.356 e. The molecule has 0 atom stereocenters. The van der Waals surface area contributed by atoms with E-state index in [0.717, 1.165) is 51.4 Å². The van der Waals surface area contributed by atoms with E-state index in [4.69, 9.17) is 4.98 Å². The van der Waals surface area contributed by atoms with Crippen LogP contribution in [-0.4, -0.2) is 40.7 Å². The SMILES string of the molecule is O=S(=O)(c1ccc(-c2cccc3c(N4CCC(SC5CCCCC5)CC4)ncnc23)cc1)C(I)(I)I. The summed E-state index contributed by atoms with van der Waals surface area (Å²) in [6.45, 7) is 2.05. The Morgan fingerprint density at radius 2 is 1.53 bits per heavy atom. The molecule has 1 aliphatic heterocycles. The van der Waals surface area contributed by atoms with Crippen LogP contribution in [0.2, 0.25) is 0 Å². The zero-order valence-electron chi connectivity index (χ0n) is 19.7. The second kappa shape index (κ2) is 11.7. The van der Waals surface area contributed by atoms with Crippen molar-refractivity contribution in [2.75, 3.05) is 18.0 Å². The Bertz CT molecular complexity index is 1320. The molecule has 2 fully saturated rings. The Morgan fingerprint density at radius 1 is 0.861 bits per heavy atom. The molecule has 5 nitrogen and oxygen atoms in total. The Balaban J connectivity index is 1.36. The Hall–Kier alpha value is 0.0700. The Kier molecular flexibility index (Phi) is 8.95. The smallest absolute Gasteiger partial charge is 0.227 e. The molecule has 1 aliphatic carbocycles. The molecule has 0 unspecified atom stereocenters. The number of benzene rings is 2. The van der Waals surface area contributed by atoms with Crippen molar-refractivity contribution >= 4 is 106 Å². The van der Waals surface area contributed by atoms with Gasteiger partial charge in [-0.15, -0.1) is 0 Å². The first-order valence-electron chi connectivity index (χ1n) is 12.3. The van der Waals surface area contributed by atoms with Gasteiger partial charge < -0.3 is 4.90 Å². The molecule has 5 rings (SSSR count). The molecule has 1 aromatic heterocycles. The molecule has 1 saturated heterocycles. The van der Waals surface area contributed by atoms with Crippen molar-refractivity contribution in [3.63, 3.8) is 0 Å². The second-order valence-corrected chi connectivity index (χ2v) is 26.4. The van der Waals surface area contributed by atoms with Gasteiger partial charge in [-0.1, -0.05) is 43.5 Å². The summed E-state index contributed by atoms with van der Waals surface area (Å²) in [5.74, 6) is 1.01. The van der Waals surface area contributed by atoms with Crippen molar-refractivity contribution in [1.82, 2.24) is 9.97 Å². The number of alkyl halides is 3. The van der Waals surface area contributed by atoms with Crippen LogP contribution in [0.5, 0.6) is 0 Å². The van der Waals surface area contributed by atoms with Crippen molar-refractivity contribution in [2.24, 2.45) is 0 Å². The summed E-state index contributed by atoms with van der Waals surface area (Å²) in [5, 5.41) is 2.67. The molecule has 0 bridgehead atoms. The summed E-state index contributed by atoms with van der Waals surface area (Å²) in [6, 6.07) is 13.4. The molecule has 0 amide bonds. The highest BCUT2D eigenvalue weighted by molar-refractivity contribution is 14.3. The van der Waals surface area contributed by atoms with Gasteiger partial charge in [0.15, 0.2) is 0 Å². The van der Waals surface area contributed by atoms with Crippen molar-refractivity contribution in [2.45, 2.75) is 59.1 Å². The maximum Gasteiger partial charge on any atom is 0.227 e. The maximum atomic E-state index is 12.8. The van der Waals surface area contributed by atoms with Crippen molar-refractivity contribution in [1.29, 1.82) is 0 Å². The predicted octanol–water partition coefficient (Wildman–Crippen LogP) is 8.02. The number of para-hydroxylation sites is 1. The second-order valence-electron chi connectivity index (χ2n) is 9.46. The molecule has 2 aliphatic rings. The monoisotopic (exact) mass is 859 g/mol. The highest BCUT2D eigenvalue weighted by Gasteiger charge is 2.37. The fourth-order valence-electron chi connectivity index (χ4n) is 5.18. The molecule has 36 heavy (non-hydrogen) atoms. The van der Waals surface area contributed by atoms with Crippen LogP contribution in [0.3, 0.4) is 0 Å². The molecule has 3 aromatic rings. The van der Waals surface area contributed by atoms with Crippen LogP contribution in [0.1, 0.15) is 44.9 Å². The van der Waals surface area contributed by atoms with Gasteiger partial charge >= 0.3 is 0 Å². The average Bonchev–Trinajstić information content (AvgIpc) is 2.88. The molecule has 192 valence electrons. The topological polar surface area (TPSA) is 63.2 Å². The van der Waals surface area contributed by atoms with Crippen LogP contribution >= 0.6 is 79.5 Å². The minimum absolute atomic E-state index is 0.328. The number of nitrogens with zero attached hydrogens (tertiary/aromatic N) is 3. The van der Waals surface area contributed by atoms with Gasteiger partial charge in [0.1, 0.15) is 12.1 Å². The van der Waals surface area contributed by atoms with Gasteiger partial charge in [-0.3, -0.25) is 0 Å². The fourth-order valence-corrected chi connectivity index (χ4v) is 9.87. The van der Waals surface area contributed by atoms with E-state index in [2.05, 4.69) is 33.8 Å². The lowest BCUT2D eigenvalue weighted by Crippen LogP contribution is -2.36. The molecular formula is C26H28I3N3O2S2. The highest BCUT2D eigenvalue weighted by atomic mass is 127. The van der Waals surface area contributed by atoms with Crippen molar-refractivity contribution in [3.05, 3.63) is 48.8 Å². The molecule has 0 radical (unpaired) electrons. The number of thioether (sulfide) groups is 1. The third kappa shape index (κ3) is 5.96. The largest absolute Gasteiger partial charge is 0.356 e. The number of halogens is 3. The van der Waals surface area contributed by atoms with E-state index in [-0.39, 0.29) is 0 Å². The van der Waals surface area contributed by atoms with Crippen LogP contribution < -0.4 is 4.90 Å². The maximum absolute atomic E-state index is 12.8. The van der Waals surface area contributed by atoms with Gasteiger partial charge in [0.05, 0.1) is 10.4 Å². The van der Waals surface area contributed by atoms with E-state index in [0.29, 0.717) is 4.90 Å². The normalized spacial score (nSPS) is 18.6. The van der Waals surface area contributed by atoms with Crippen LogP contribution in [0.15, 0.2) is 53.7 Å². The zero-order valence-corrected chi connectivity index (χ0v) is 27.9. The molecule has 2 heterocycles. The first-order chi connectivity index (χ1) is 17.2. The van der Waals surface area contributed by atoms with Gasteiger partial charge in [-0.05, 0) is 117 Å². The van der Waals surface area contributed by atoms with Gasteiger partial charge in [-0.25, -0.2) is 18.4 Å². The summed E-state index contributed by atoms with van der Waals surface area (Å²) in [7, 11) is -3.43. The Morgan fingerprint density at radius 3 is 2.19 bits per heavy atom. The van der Waals surface area contributed by atoms with Crippen molar-refractivity contribution in [3.8, 4) is 11.1 Å². The lowest BCUT2D eigenvalue weighted by molar-refractivity contribution is 0.510. The van der Waals surface area contributed by atoms with Gasteiger partial charge in [0, 0.05) is 34.5 Å². The molecule has 2 aromatic carbocycles. The fraction of sp³-hybridized carbons (Fsp3) is 0.462. The first kappa shape index (κ1) is 27.6. The lowest BCUT2D eigenvalue weighted by Gasteiger charge is -2.35. The quantitative estimate of drug-likeness (QED) is 0.185. The van der Waals surface area contributed by atoms with E-state index in [1.54, 1.807) is 18.5 Å². The number of aromatic nitrogens is 2. The number of hydrogen-bond donors (Lipinski definition) is 0. The third-order valence-corrected chi connectivity index (χ3v) is 15.5. The number of fused-ring (bicyclic) bond motifs is 1. The van der Waals surface area contributed by atoms with E-state index in [1.807, 2.05) is 86.0 Å². The average molecular weight is 859 g/mol. The third-order valence-electron chi connectivity index (χ3n) is 7.10. The number of rotatable bonds is 6. The van der Waals surface area contributed by atoms with Crippen LogP contribution in [0.25, 0.3) is 22.0 Å². The van der Waals surface area contributed by atoms with Crippen LogP contribution in [0, 0.1) is 0 Å². The van der Waals surface area contributed by atoms with E-state index >= 15 is 0 Å². The summed E-state index contributed by atoms with van der Waals surface area (Å²) in [5.41, 5.74) is 2.85. The highest BCUT2D eigenvalue weighted by Crippen LogP contribution is 2.45. The standard InChI is InChI=1S/C26H28I3N3O2S2/c27-26(28,29)36(33,34)21-11-9-18(10-12-21)22-7-4-8-23-24(22)30-17-31-25(23)32-15-13-20(14-16-32)35-19-5-2-1-3-6-19/h4,7-12,17,19-20H,1-3,5-6,13-16H2. The van der Waals surface area contributed by atoms with Gasteiger partial charge in [0.25, 0.3) is 0 Å². The Labute approximate surface area is 258 Å². The molecule has 0 spiro atoms. The summed E-state index contributed by atoms with van der Waals surface area (Å²) in [4.78, 5) is 12.1. The predicted molar refractivity (Wildman–Crippen MR) is 177 cm³/mol. The van der Waals surface area contributed by atoms with Crippen LogP contribution in [-0.2, 0) is 9.84 Å². The van der Waals surface area contributed by atoms with E-state index < -0.39 is 8.60 Å². The van der Waals surface area contributed by atoms with E-state index in [1.165, 1.54) is 44.9 Å². The summed E-state index contributed by atoms with van der Waals surface area (Å²) in [6.07, 6.45) is 11.1. The molecule has 1 saturated carbocycles. The molecule has 10 heteroatoms. The number of piperidine rings is 1. The summed E-state index contributed by atoms with van der Waals surface area (Å²) < 4.78 is 24.7. The van der Waals surface area contributed by atoms with Gasteiger partial charge in [-0.2, -0.15) is 11.8 Å². The first-order valence-corrected chi connectivity index (χ1v) is 18.0. The van der Waals surface area contributed by atoms with Crippen molar-refractivity contribution < 1.29 is 8.42 Å². The molecule has 0 N–H and O–H groups in total. The minimum atomic E-state index is -3.43. The number of sulfone groups is 1. The van der Waals surface area contributed by atoms with E-state index in [9.17, 15) is 8.42 Å². The van der Waals surface area contributed by atoms with Crippen LogP contribution in [0.4, 0.5) is 5.82 Å². The zero-order chi connectivity index (χ0) is 25.3. The number of anilines is 1. The molecular weight excluding hydrogens is 831 g/mol. The number of hydrogen-bond acceptors (Lipinski definition) is 6. The lowest BCUT2D eigenvalue weighted by atomic mass is 10.0. The summed E-state index contributed by atoms with van der Waals surface area (Å²) >= 11 is 8.11.